The maximum absolute atomic E-state index is 12.9. The van der Waals surface area contributed by atoms with Gasteiger partial charge in [-0.25, -0.2) is 4.39 Å². The summed E-state index contributed by atoms with van der Waals surface area (Å²) in [5.41, 5.74) is 0.640. The lowest BCUT2D eigenvalue weighted by molar-refractivity contribution is -0.383. The van der Waals surface area contributed by atoms with Gasteiger partial charge in [0.25, 0.3) is 5.69 Å². The second-order valence-electron chi connectivity index (χ2n) is 3.52. The average Bonchev–Trinajstić information content (AvgIpc) is 2.33. The van der Waals surface area contributed by atoms with Gasteiger partial charge >= 0.3 is 0 Å². The molecule has 92 valence electrons. The van der Waals surface area contributed by atoms with E-state index in [1.54, 1.807) is 18.2 Å². The van der Waals surface area contributed by atoms with Crippen molar-refractivity contribution >= 4 is 28.7 Å². The van der Waals surface area contributed by atoms with Gasteiger partial charge in [0.2, 0.25) is 0 Å². The number of para-hydroxylation sites is 2. The minimum atomic E-state index is -0.500. The van der Waals surface area contributed by atoms with Gasteiger partial charge in [-0.1, -0.05) is 23.7 Å². The van der Waals surface area contributed by atoms with E-state index in [0.29, 0.717) is 11.4 Å². The topological polar surface area (TPSA) is 55.2 Å². The predicted molar refractivity (Wildman–Crippen MR) is 67.8 cm³/mol. The Morgan fingerprint density at radius 2 is 1.89 bits per heavy atom. The van der Waals surface area contributed by atoms with Crippen LogP contribution in [0.1, 0.15) is 0 Å². The number of anilines is 2. The van der Waals surface area contributed by atoms with Crippen LogP contribution in [-0.4, -0.2) is 4.92 Å². The summed E-state index contributed by atoms with van der Waals surface area (Å²) in [4.78, 5) is 10.3. The molecule has 2 rings (SSSR count). The standard InChI is InChI=1S/C12H8ClFN2O2/c13-9-7-8(14)5-6-10(9)15-11-3-1-2-4-12(11)16(17)18/h1-7,15H. The van der Waals surface area contributed by atoms with Gasteiger partial charge in [0.05, 0.1) is 15.6 Å². The van der Waals surface area contributed by atoms with Crippen molar-refractivity contribution in [1.82, 2.24) is 0 Å². The zero-order chi connectivity index (χ0) is 13.1. The SMILES string of the molecule is O=[N+]([O-])c1ccccc1Nc1ccc(F)cc1Cl. The van der Waals surface area contributed by atoms with Gasteiger partial charge in [-0.15, -0.1) is 0 Å². The highest BCUT2D eigenvalue weighted by Gasteiger charge is 2.13. The summed E-state index contributed by atoms with van der Waals surface area (Å²) in [5, 5.41) is 13.8. The Labute approximate surface area is 107 Å². The number of rotatable bonds is 3. The molecule has 0 bridgehead atoms. The van der Waals surface area contributed by atoms with Gasteiger partial charge < -0.3 is 5.32 Å². The van der Waals surface area contributed by atoms with E-state index in [4.69, 9.17) is 11.6 Å². The van der Waals surface area contributed by atoms with E-state index in [2.05, 4.69) is 5.32 Å². The fraction of sp³-hybridized carbons (Fsp3) is 0. The number of nitrogens with one attached hydrogen (secondary N) is 1. The number of benzene rings is 2. The second-order valence-corrected chi connectivity index (χ2v) is 3.93. The molecule has 2 aromatic carbocycles. The van der Waals surface area contributed by atoms with Gasteiger partial charge in [0, 0.05) is 6.07 Å². The number of nitro benzene ring substituents is 1. The summed E-state index contributed by atoms with van der Waals surface area (Å²) in [6, 6.07) is 9.94. The third-order valence-electron chi connectivity index (χ3n) is 2.30. The van der Waals surface area contributed by atoms with Crippen molar-refractivity contribution in [1.29, 1.82) is 0 Å². The number of halogens is 2. The molecule has 18 heavy (non-hydrogen) atoms. The summed E-state index contributed by atoms with van der Waals surface area (Å²) < 4.78 is 12.9. The van der Waals surface area contributed by atoms with E-state index in [9.17, 15) is 14.5 Å². The predicted octanol–water partition coefficient (Wildman–Crippen LogP) is 4.13. The monoisotopic (exact) mass is 266 g/mol. The van der Waals surface area contributed by atoms with Crippen LogP contribution in [0.4, 0.5) is 21.5 Å². The first kappa shape index (κ1) is 12.3. The van der Waals surface area contributed by atoms with Crippen LogP contribution in [0.5, 0.6) is 0 Å². The van der Waals surface area contributed by atoms with E-state index >= 15 is 0 Å². The van der Waals surface area contributed by atoms with Crippen molar-refractivity contribution < 1.29 is 9.31 Å². The van der Waals surface area contributed by atoms with Crippen LogP contribution in [0.25, 0.3) is 0 Å². The second kappa shape index (κ2) is 5.01. The van der Waals surface area contributed by atoms with E-state index in [1.807, 2.05) is 0 Å². The molecule has 6 heteroatoms. The molecule has 0 amide bonds. The number of hydrogen-bond acceptors (Lipinski definition) is 3. The molecular formula is C12H8ClFN2O2. The summed E-state index contributed by atoms with van der Waals surface area (Å²) in [5.74, 6) is -0.465. The first-order chi connectivity index (χ1) is 8.58. The third-order valence-corrected chi connectivity index (χ3v) is 2.61. The fourth-order valence-corrected chi connectivity index (χ4v) is 1.69. The highest BCUT2D eigenvalue weighted by molar-refractivity contribution is 6.33. The Morgan fingerprint density at radius 3 is 2.56 bits per heavy atom. The smallest absolute Gasteiger partial charge is 0.292 e. The van der Waals surface area contributed by atoms with Crippen LogP contribution in [0.15, 0.2) is 42.5 Å². The minimum absolute atomic E-state index is 0.0714. The van der Waals surface area contributed by atoms with Crippen LogP contribution in [0.3, 0.4) is 0 Å². The molecule has 1 N–H and O–H groups in total. The highest BCUT2D eigenvalue weighted by Crippen LogP contribution is 2.30. The summed E-state index contributed by atoms with van der Waals surface area (Å²) in [6.45, 7) is 0. The van der Waals surface area contributed by atoms with Crippen molar-refractivity contribution in [2.45, 2.75) is 0 Å². The minimum Gasteiger partial charge on any atom is -0.349 e. The largest absolute Gasteiger partial charge is 0.349 e. The van der Waals surface area contributed by atoms with Crippen molar-refractivity contribution in [3.63, 3.8) is 0 Å². The number of hydrogen-bond donors (Lipinski definition) is 1. The fourth-order valence-electron chi connectivity index (χ4n) is 1.47. The maximum atomic E-state index is 12.9. The molecule has 0 aromatic heterocycles. The van der Waals surface area contributed by atoms with Crippen LogP contribution in [0.2, 0.25) is 5.02 Å². The van der Waals surface area contributed by atoms with E-state index in [0.717, 1.165) is 6.07 Å². The molecule has 0 spiro atoms. The molecule has 0 heterocycles. The van der Waals surface area contributed by atoms with Gasteiger partial charge in [-0.3, -0.25) is 10.1 Å². The van der Waals surface area contributed by atoms with Crippen molar-refractivity contribution in [3.8, 4) is 0 Å². The Balaban J connectivity index is 2.37. The summed E-state index contributed by atoms with van der Waals surface area (Å²) in [6.07, 6.45) is 0. The van der Waals surface area contributed by atoms with E-state index in [-0.39, 0.29) is 10.7 Å². The molecule has 0 saturated heterocycles. The lowest BCUT2D eigenvalue weighted by Crippen LogP contribution is -1.97. The lowest BCUT2D eigenvalue weighted by Gasteiger charge is -2.08. The van der Waals surface area contributed by atoms with E-state index in [1.165, 1.54) is 18.2 Å². The van der Waals surface area contributed by atoms with Crippen molar-refractivity contribution in [2.24, 2.45) is 0 Å². The van der Waals surface area contributed by atoms with Gasteiger partial charge in [-0.2, -0.15) is 0 Å². The molecule has 0 atom stereocenters. The quantitative estimate of drug-likeness (QED) is 0.671. The highest BCUT2D eigenvalue weighted by atomic mass is 35.5. The molecule has 0 aliphatic carbocycles. The Kier molecular flexibility index (Phi) is 3.43. The van der Waals surface area contributed by atoms with Crippen molar-refractivity contribution in [2.75, 3.05) is 5.32 Å². The number of nitrogens with zero attached hydrogens (tertiary/aromatic N) is 1. The average molecular weight is 267 g/mol. The number of nitro groups is 1. The molecular weight excluding hydrogens is 259 g/mol. The zero-order valence-corrected chi connectivity index (χ0v) is 9.82. The molecule has 0 saturated carbocycles. The van der Waals surface area contributed by atoms with Gasteiger partial charge in [-0.05, 0) is 24.3 Å². The first-order valence-corrected chi connectivity index (χ1v) is 5.41. The molecule has 0 unspecified atom stereocenters. The molecule has 0 fully saturated rings. The Bertz CT molecular complexity index is 604. The van der Waals surface area contributed by atoms with Gasteiger partial charge in [0.1, 0.15) is 11.5 Å². The molecule has 0 aliphatic rings. The van der Waals surface area contributed by atoms with Crippen LogP contribution >= 0.6 is 11.6 Å². The molecule has 4 nitrogen and oxygen atoms in total. The molecule has 0 radical (unpaired) electrons. The normalized spacial score (nSPS) is 10.1. The van der Waals surface area contributed by atoms with Gasteiger partial charge in [0.15, 0.2) is 0 Å². The summed E-state index contributed by atoms with van der Waals surface area (Å²) >= 11 is 5.84. The summed E-state index contributed by atoms with van der Waals surface area (Å²) in [7, 11) is 0. The van der Waals surface area contributed by atoms with Crippen LogP contribution < -0.4 is 5.32 Å². The van der Waals surface area contributed by atoms with E-state index < -0.39 is 10.7 Å². The van der Waals surface area contributed by atoms with Crippen LogP contribution in [0, 0.1) is 15.9 Å². The Morgan fingerprint density at radius 1 is 1.17 bits per heavy atom. The van der Waals surface area contributed by atoms with Crippen molar-refractivity contribution in [3.05, 3.63) is 63.4 Å². The molecule has 0 aliphatic heterocycles. The zero-order valence-electron chi connectivity index (χ0n) is 9.06. The maximum Gasteiger partial charge on any atom is 0.292 e. The Hall–Kier alpha value is -2.14. The van der Waals surface area contributed by atoms with Crippen LogP contribution in [-0.2, 0) is 0 Å². The first-order valence-electron chi connectivity index (χ1n) is 5.03. The third kappa shape index (κ3) is 2.57. The molecule has 2 aromatic rings. The lowest BCUT2D eigenvalue weighted by atomic mass is 10.2.